The number of nitrogens with zero attached hydrogens (tertiary/aromatic N) is 1. The smallest absolute Gasteiger partial charge is 0.157 e. The van der Waals surface area contributed by atoms with Gasteiger partial charge in [0.15, 0.2) is 5.78 Å². The number of hydrogen-bond donors (Lipinski definition) is 0. The minimum Gasteiger partial charge on any atom is -0.297 e. The molecule has 0 saturated heterocycles. The Hall–Kier alpha value is -1.15. The first-order valence-corrected chi connectivity index (χ1v) is 8.52. The monoisotopic (exact) mass is 287 g/mol. The van der Waals surface area contributed by atoms with Crippen LogP contribution in [-0.2, 0) is 17.6 Å². The van der Waals surface area contributed by atoms with Crippen LogP contribution in [0.4, 0.5) is 0 Å². The molecule has 0 bridgehead atoms. The Labute approximate surface area is 129 Å². The van der Waals surface area contributed by atoms with Crippen molar-refractivity contribution in [1.29, 1.82) is 0 Å². The van der Waals surface area contributed by atoms with E-state index in [0.717, 1.165) is 37.9 Å². The molecule has 2 nitrogen and oxygen atoms in total. The molecule has 2 rings (SSSR count). The molecule has 0 amide bonds. The zero-order chi connectivity index (χ0) is 15.3. The first-order valence-electron chi connectivity index (χ1n) is 8.52. The second kappa shape index (κ2) is 7.22. The molecule has 0 aromatic heterocycles. The summed E-state index contributed by atoms with van der Waals surface area (Å²) in [5, 5.41) is 0. The number of hydrogen-bond acceptors (Lipinski definition) is 2. The van der Waals surface area contributed by atoms with Crippen LogP contribution in [0.25, 0.3) is 0 Å². The molecule has 0 unspecified atom stereocenters. The summed E-state index contributed by atoms with van der Waals surface area (Å²) in [6.07, 6.45) is 6.10. The Morgan fingerprint density at radius 3 is 2.00 bits per heavy atom. The SMILES string of the molecule is CCc1ccc(CC(=O)C2(N(CC)CC)CCCC2)cc1. The molecule has 0 atom stereocenters. The van der Waals surface area contributed by atoms with Crippen LogP contribution in [0.15, 0.2) is 24.3 Å². The molecule has 1 aliphatic rings. The zero-order valence-corrected chi connectivity index (χ0v) is 13.8. The molecule has 0 heterocycles. The van der Waals surface area contributed by atoms with E-state index in [1.165, 1.54) is 18.4 Å². The summed E-state index contributed by atoms with van der Waals surface area (Å²) in [6, 6.07) is 8.56. The van der Waals surface area contributed by atoms with E-state index in [1.807, 2.05) is 0 Å². The van der Waals surface area contributed by atoms with Gasteiger partial charge in [0.25, 0.3) is 0 Å². The number of benzene rings is 1. The molecule has 21 heavy (non-hydrogen) atoms. The Balaban J connectivity index is 2.15. The molecule has 116 valence electrons. The number of rotatable bonds is 7. The van der Waals surface area contributed by atoms with E-state index in [4.69, 9.17) is 0 Å². The molecule has 0 aliphatic heterocycles. The maximum Gasteiger partial charge on any atom is 0.157 e. The normalized spacial score (nSPS) is 17.3. The van der Waals surface area contributed by atoms with Gasteiger partial charge in [-0.2, -0.15) is 0 Å². The fraction of sp³-hybridized carbons (Fsp3) is 0.632. The van der Waals surface area contributed by atoms with E-state index in [0.29, 0.717) is 12.2 Å². The van der Waals surface area contributed by atoms with Crippen LogP contribution in [0.2, 0.25) is 0 Å². The summed E-state index contributed by atoms with van der Waals surface area (Å²) in [4.78, 5) is 15.4. The fourth-order valence-electron chi connectivity index (χ4n) is 3.80. The van der Waals surface area contributed by atoms with Gasteiger partial charge in [-0.05, 0) is 43.5 Å². The van der Waals surface area contributed by atoms with Crippen molar-refractivity contribution in [3.05, 3.63) is 35.4 Å². The Morgan fingerprint density at radius 2 is 1.52 bits per heavy atom. The van der Waals surface area contributed by atoms with Crippen LogP contribution in [-0.4, -0.2) is 29.3 Å². The first-order chi connectivity index (χ1) is 10.2. The maximum absolute atomic E-state index is 13.0. The third-order valence-corrected chi connectivity index (χ3v) is 5.11. The number of ketones is 1. The summed E-state index contributed by atoms with van der Waals surface area (Å²) in [5.41, 5.74) is 2.31. The molecular weight excluding hydrogens is 258 g/mol. The van der Waals surface area contributed by atoms with E-state index in [9.17, 15) is 4.79 Å². The quantitative estimate of drug-likeness (QED) is 0.755. The van der Waals surface area contributed by atoms with Gasteiger partial charge in [0.05, 0.1) is 5.54 Å². The predicted octanol–water partition coefficient (Wildman–Crippen LogP) is 4.02. The van der Waals surface area contributed by atoms with Crippen LogP contribution in [0.5, 0.6) is 0 Å². The Kier molecular flexibility index (Phi) is 5.58. The lowest BCUT2D eigenvalue weighted by molar-refractivity contribution is -0.130. The van der Waals surface area contributed by atoms with Crippen molar-refractivity contribution in [3.8, 4) is 0 Å². The summed E-state index contributed by atoms with van der Waals surface area (Å²) in [6.45, 7) is 8.45. The largest absolute Gasteiger partial charge is 0.297 e. The minimum absolute atomic E-state index is 0.188. The summed E-state index contributed by atoms with van der Waals surface area (Å²) in [7, 11) is 0. The van der Waals surface area contributed by atoms with Gasteiger partial charge in [0.1, 0.15) is 0 Å². The van der Waals surface area contributed by atoms with E-state index in [-0.39, 0.29) is 5.54 Å². The molecule has 1 aromatic rings. The molecule has 1 aliphatic carbocycles. The highest BCUT2D eigenvalue weighted by atomic mass is 16.1. The highest BCUT2D eigenvalue weighted by Crippen LogP contribution is 2.36. The van der Waals surface area contributed by atoms with Crippen LogP contribution >= 0.6 is 0 Å². The minimum atomic E-state index is -0.188. The van der Waals surface area contributed by atoms with E-state index in [2.05, 4.69) is 49.9 Å². The number of carbonyl (C=O) groups excluding carboxylic acids is 1. The highest BCUT2D eigenvalue weighted by molar-refractivity contribution is 5.90. The van der Waals surface area contributed by atoms with Gasteiger partial charge >= 0.3 is 0 Å². The Morgan fingerprint density at radius 1 is 1.00 bits per heavy atom. The maximum atomic E-state index is 13.0. The van der Waals surface area contributed by atoms with Gasteiger partial charge in [-0.1, -0.05) is 57.9 Å². The molecule has 0 N–H and O–H groups in total. The van der Waals surface area contributed by atoms with Gasteiger partial charge in [0, 0.05) is 6.42 Å². The van der Waals surface area contributed by atoms with Crippen molar-refractivity contribution in [3.63, 3.8) is 0 Å². The van der Waals surface area contributed by atoms with Gasteiger partial charge in [-0.15, -0.1) is 0 Å². The third kappa shape index (κ3) is 3.37. The lowest BCUT2D eigenvalue weighted by atomic mass is 9.86. The van der Waals surface area contributed by atoms with Crippen molar-refractivity contribution in [2.75, 3.05) is 13.1 Å². The summed E-state index contributed by atoms with van der Waals surface area (Å²) < 4.78 is 0. The third-order valence-electron chi connectivity index (χ3n) is 5.11. The predicted molar refractivity (Wildman–Crippen MR) is 88.7 cm³/mol. The van der Waals surface area contributed by atoms with Crippen molar-refractivity contribution in [1.82, 2.24) is 4.90 Å². The van der Waals surface area contributed by atoms with Gasteiger partial charge < -0.3 is 0 Å². The van der Waals surface area contributed by atoms with Crippen LogP contribution in [0.3, 0.4) is 0 Å². The van der Waals surface area contributed by atoms with Crippen molar-refractivity contribution in [2.24, 2.45) is 0 Å². The average Bonchev–Trinajstić information content (AvgIpc) is 3.00. The summed E-state index contributed by atoms with van der Waals surface area (Å²) in [5.74, 6) is 0.424. The average molecular weight is 287 g/mol. The second-order valence-corrected chi connectivity index (χ2v) is 6.18. The molecule has 2 heteroatoms. The van der Waals surface area contributed by atoms with Gasteiger partial charge in [-0.3, -0.25) is 9.69 Å². The number of carbonyl (C=O) groups is 1. The molecule has 1 saturated carbocycles. The number of aryl methyl sites for hydroxylation is 1. The topological polar surface area (TPSA) is 20.3 Å². The van der Waals surface area contributed by atoms with Gasteiger partial charge in [0.2, 0.25) is 0 Å². The summed E-state index contributed by atoms with van der Waals surface area (Å²) >= 11 is 0. The fourth-order valence-corrected chi connectivity index (χ4v) is 3.80. The van der Waals surface area contributed by atoms with Gasteiger partial charge in [-0.25, -0.2) is 0 Å². The Bertz CT molecular complexity index is 453. The van der Waals surface area contributed by atoms with Crippen LogP contribution in [0, 0.1) is 0 Å². The van der Waals surface area contributed by atoms with E-state index < -0.39 is 0 Å². The van der Waals surface area contributed by atoms with Crippen molar-refractivity contribution >= 4 is 5.78 Å². The molecule has 1 aromatic carbocycles. The molecule has 0 spiro atoms. The van der Waals surface area contributed by atoms with Crippen molar-refractivity contribution in [2.45, 2.75) is 64.8 Å². The lowest BCUT2D eigenvalue weighted by Crippen LogP contribution is -2.53. The second-order valence-electron chi connectivity index (χ2n) is 6.18. The zero-order valence-electron chi connectivity index (χ0n) is 13.8. The molecule has 0 radical (unpaired) electrons. The van der Waals surface area contributed by atoms with Crippen molar-refractivity contribution < 1.29 is 4.79 Å². The van der Waals surface area contributed by atoms with E-state index in [1.54, 1.807) is 0 Å². The lowest BCUT2D eigenvalue weighted by Gasteiger charge is -2.39. The highest BCUT2D eigenvalue weighted by Gasteiger charge is 2.44. The first kappa shape index (κ1) is 16.2. The van der Waals surface area contributed by atoms with Crippen LogP contribution < -0.4 is 0 Å². The van der Waals surface area contributed by atoms with E-state index >= 15 is 0 Å². The number of Topliss-reactive ketones (excluding diaryl/α,β-unsaturated/α-hetero) is 1. The molecular formula is C19H29NO. The number of likely N-dealkylation sites (N-methyl/N-ethyl adjacent to an activating group) is 1. The van der Waals surface area contributed by atoms with Crippen LogP contribution in [0.1, 0.15) is 57.6 Å². The standard InChI is InChI=1S/C19H29NO/c1-4-16-9-11-17(12-10-16)15-18(21)19(13-7-8-14-19)20(5-2)6-3/h9-12H,4-8,13-15H2,1-3H3. The molecule has 1 fully saturated rings.